The lowest BCUT2D eigenvalue weighted by Crippen LogP contribution is -2.54. The van der Waals surface area contributed by atoms with E-state index in [1.165, 1.54) is 36.3 Å². The van der Waals surface area contributed by atoms with Crippen LogP contribution in [0.2, 0.25) is 0 Å². The maximum absolute atomic E-state index is 14.4. The van der Waals surface area contributed by atoms with Crippen molar-refractivity contribution in [3.63, 3.8) is 0 Å². The van der Waals surface area contributed by atoms with Crippen molar-refractivity contribution in [2.75, 3.05) is 27.3 Å². The molecule has 3 aromatic rings. The molecule has 16 nitrogen and oxygen atoms in total. The van der Waals surface area contributed by atoms with Gasteiger partial charge in [-0.15, -0.1) is 0 Å². The van der Waals surface area contributed by atoms with Crippen molar-refractivity contribution in [2.45, 2.75) is 64.6 Å². The summed E-state index contributed by atoms with van der Waals surface area (Å²) in [6.07, 6.45) is 1.41. The topological polar surface area (TPSA) is 199 Å². The molecule has 1 aromatic carbocycles. The number of likely N-dealkylation sites (N-methyl/N-ethyl adjacent to an activating group) is 1. The highest BCUT2D eigenvalue weighted by Gasteiger charge is 2.47. The Bertz CT molecular complexity index is 1740. The van der Waals surface area contributed by atoms with Crippen LogP contribution in [-0.2, 0) is 32.1 Å². The summed E-state index contributed by atoms with van der Waals surface area (Å²) in [5.41, 5.74) is 0.697. The number of carbonyl (C=O) groups is 6. The molecule has 4 heterocycles. The van der Waals surface area contributed by atoms with E-state index >= 15 is 0 Å². The molecule has 2 atom stereocenters. The number of carbonyl (C=O) groups excluding carboxylic acids is 6. The van der Waals surface area contributed by atoms with E-state index in [9.17, 15) is 28.8 Å². The minimum absolute atomic E-state index is 0.0261. The van der Waals surface area contributed by atoms with Crippen molar-refractivity contribution >= 4 is 35.4 Å². The Morgan fingerprint density at radius 2 is 1.96 bits per heavy atom. The molecule has 0 saturated carbocycles. The number of piperidine rings is 1. The largest absolute Gasteiger partial charge is 0.383 e. The molecule has 0 bridgehead atoms. The second-order valence-corrected chi connectivity index (χ2v) is 11.5. The van der Waals surface area contributed by atoms with Crippen molar-refractivity contribution in [2.24, 2.45) is 0 Å². The third-order valence-electron chi connectivity index (χ3n) is 8.26. The molecule has 5 rings (SSSR count). The first-order chi connectivity index (χ1) is 22.5. The number of imide groups is 2. The van der Waals surface area contributed by atoms with Crippen molar-refractivity contribution in [1.29, 1.82) is 0 Å². The second kappa shape index (κ2) is 13.6. The molecule has 1 saturated heterocycles. The molecular formula is C31H36N8O8. The minimum atomic E-state index is -1.40. The predicted molar refractivity (Wildman–Crippen MR) is 162 cm³/mol. The molecule has 47 heavy (non-hydrogen) atoms. The highest BCUT2D eigenvalue weighted by atomic mass is 16.5. The average Bonchev–Trinajstić information content (AvgIpc) is 3.74. The second-order valence-electron chi connectivity index (χ2n) is 11.5. The van der Waals surface area contributed by atoms with Gasteiger partial charge in [0.05, 0.1) is 36.0 Å². The van der Waals surface area contributed by atoms with Crippen LogP contribution in [0.3, 0.4) is 0 Å². The normalized spacial score (nSPS) is 16.8. The quantitative estimate of drug-likeness (QED) is 0.265. The van der Waals surface area contributed by atoms with Crippen LogP contribution in [0.15, 0.2) is 28.9 Å². The van der Waals surface area contributed by atoms with Gasteiger partial charge in [-0.3, -0.25) is 43.7 Å². The molecule has 2 aromatic heterocycles. The van der Waals surface area contributed by atoms with Gasteiger partial charge in [0.15, 0.2) is 5.82 Å². The summed E-state index contributed by atoms with van der Waals surface area (Å²) in [6.45, 7) is 6.16. The smallest absolute Gasteiger partial charge is 0.262 e. The van der Waals surface area contributed by atoms with Gasteiger partial charge in [-0.2, -0.15) is 10.1 Å². The van der Waals surface area contributed by atoms with Crippen molar-refractivity contribution in [1.82, 2.24) is 40.4 Å². The summed E-state index contributed by atoms with van der Waals surface area (Å²) in [7, 11) is 2.95. The first kappa shape index (κ1) is 33.1. The SMILES string of the molecule is CNC(=O)C(c1cccc2c1C(=O)N(C1CCC(=O)NC1=O)C2=O)N(CCc1noc(C(C)C)n1)C(=O)c1cnn(CCOC)c1C. The van der Waals surface area contributed by atoms with Crippen LogP contribution in [0.1, 0.15) is 92.7 Å². The third-order valence-corrected chi connectivity index (χ3v) is 8.26. The number of fused-ring (bicyclic) bond motifs is 1. The summed E-state index contributed by atoms with van der Waals surface area (Å²) < 4.78 is 12.1. The maximum Gasteiger partial charge on any atom is 0.262 e. The number of ether oxygens (including phenoxy) is 1. The highest BCUT2D eigenvalue weighted by molar-refractivity contribution is 6.24. The van der Waals surface area contributed by atoms with Gasteiger partial charge in [-0.25, -0.2) is 0 Å². The Morgan fingerprint density at radius 3 is 2.62 bits per heavy atom. The molecule has 0 radical (unpaired) electrons. The van der Waals surface area contributed by atoms with E-state index in [-0.39, 0.29) is 54.0 Å². The number of hydrogen-bond donors (Lipinski definition) is 2. The van der Waals surface area contributed by atoms with E-state index in [1.807, 2.05) is 13.8 Å². The van der Waals surface area contributed by atoms with E-state index in [0.29, 0.717) is 30.6 Å². The van der Waals surface area contributed by atoms with Gasteiger partial charge in [0.2, 0.25) is 23.6 Å². The number of hydrogen-bond acceptors (Lipinski definition) is 11. The van der Waals surface area contributed by atoms with Crippen molar-refractivity contribution < 1.29 is 38.0 Å². The van der Waals surface area contributed by atoms with Crippen LogP contribution in [0, 0.1) is 6.92 Å². The van der Waals surface area contributed by atoms with E-state index in [4.69, 9.17) is 9.26 Å². The number of nitrogens with zero attached hydrogens (tertiary/aromatic N) is 6. The molecule has 2 unspecified atom stereocenters. The summed E-state index contributed by atoms with van der Waals surface area (Å²) >= 11 is 0. The predicted octanol–water partition coefficient (Wildman–Crippen LogP) is 0.918. The number of aromatic nitrogens is 4. The monoisotopic (exact) mass is 648 g/mol. The zero-order valence-electron chi connectivity index (χ0n) is 26.7. The van der Waals surface area contributed by atoms with Gasteiger partial charge in [-0.1, -0.05) is 31.1 Å². The molecule has 248 valence electrons. The van der Waals surface area contributed by atoms with Crippen molar-refractivity contribution in [3.05, 3.63) is 64.1 Å². The fraction of sp³-hybridized carbons (Fsp3) is 0.452. The zero-order chi connectivity index (χ0) is 34.0. The third kappa shape index (κ3) is 6.27. The molecule has 0 aliphatic carbocycles. The van der Waals surface area contributed by atoms with Crippen LogP contribution in [0.4, 0.5) is 0 Å². The van der Waals surface area contributed by atoms with Gasteiger partial charge in [0, 0.05) is 45.2 Å². The minimum Gasteiger partial charge on any atom is -0.383 e. The van der Waals surface area contributed by atoms with E-state index in [2.05, 4.69) is 25.9 Å². The molecule has 2 aliphatic rings. The Balaban J connectivity index is 1.58. The van der Waals surface area contributed by atoms with E-state index < -0.39 is 47.5 Å². The van der Waals surface area contributed by atoms with Gasteiger partial charge in [0.25, 0.3) is 17.7 Å². The van der Waals surface area contributed by atoms with Gasteiger partial charge < -0.3 is 19.5 Å². The lowest BCUT2D eigenvalue weighted by molar-refractivity contribution is -0.136. The summed E-state index contributed by atoms with van der Waals surface area (Å²) in [5.74, 6) is -3.32. The fourth-order valence-corrected chi connectivity index (χ4v) is 5.74. The van der Waals surface area contributed by atoms with Gasteiger partial charge >= 0.3 is 0 Å². The molecule has 1 fully saturated rings. The first-order valence-electron chi connectivity index (χ1n) is 15.2. The standard InChI is InChI=1S/C31H36N8O8/c1-16(2)28-34-22(36-47-28)11-12-37(29(43)20-15-33-38(17(20)3)13-14-46-5)25(27(42)32-4)18-7-6-8-19-24(18)31(45)39(30(19)44)21-9-10-23(40)35-26(21)41/h6-8,15-16,21,25H,9-14H2,1-5H3,(H,32,42)(H,35,40,41). The number of methoxy groups -OCH3 is 1. The van der Waals surface area contributed by atoms with Crippen LogP contribution in [-0.4, -0.2) is 98.5 Å². The maximum atomic E-state index is 14.4. The van der Waals surface area contributed by atoms with Crippen LogP contribution < -0.4 is 10.6 Å². The zero-order valence-corrected chi connectivity index (χ0v) is 26.7. The number of nitrogens with one attached hydrogen (secondary N) is 2. The first-order valence-corrected chi connectivity index (χ1v) is 15.2. The lowest BCUT2D eigenvalue weighted by atomic mass is 9.94. The Labute approximate surface area is 269 Å². The van der Waals surface area contributed by atoms with Crippen molar-refractivity contribution in [3.8, 4) is 0 Å². The molecule has 6 amide bonds. The Kier molecular flexibility index (Phi) is 9.60. The van der Waals surface area contributed by atoms with Gasteiger partial charge in [0.1, 0.15) is 12.1 Å². The van der Waals surface area contributed by atoms with E-state index in [0.717, 1.165) is 4.90 Å². The van der Waals surface area contributed by atoms with Gasteiger partial charge in [-0.05, 0) is 25.0 Å². The lowest BCUT2D eigenvalue weighted by Gasteiger charge is -2.32. The summed E-state index contributed by atoms with van der Waals surface area (Å²) in [6, 6.07) is 1.82. The van der Waals surface area contributed by atoms with Crippen LogP contribution in [0.25, 0.3) is 0 Å². The Morgan fingerprint density at radius 1 is 1.19 bits per heavy atom. The molecule has 0 spiro atoms. The van der Waals surface area contributed by atoms with Crippen LogP contribution in [0.5, 0.6) is 0 Å². The molecule has 2 N–H and O–H groups in total. The number of amides is 6. The Hall–Kier alpha value is -5.25. The molecule has 16 heteroatoms. The van der Waals surface area contributed by atoms with E-state index in [1.54, 1.807) is 18.7 Å². The fourth-order valence-electron chi connectivity index (χ4n) is 5.74. The molecular weight excluding hydrogens is 612 g/mol. The van der Waals surface area contributed by atoms with Crippen LogP contribution >= 0.6 is 0 Å². The summed E-state index contributed by atoms with van der Waals surface area (Å²) in [4.78, 5) is 86.7. The average molecular weight is 649 g/mol. The summed E-state index contributed by atoms with van der Waals surface area (Å²) in [5, 5.41) is 13.1. The highest BCUT2D eigenvalue weighted by Crippen LogP contribution is 2.35. The number of rotatable bonds is 12. The number of benzene rings is 1. The molecule has 2 aliphatic heterocycles.